The zero-order valence-electron chi connectivity index (χ0n) is 11.1. The molecule has 0 radical (unpaired) electrons. The summed E-state index contributed by atoms with van der Waals surface area (Å²) in [6.45, 7) is 1.82. The fraction of sp³-hybridized carbons (Fsp3) is 0.333. The minimum absolute atomic E-state index is 0.0199. The molecule has 0 bridgehead atoms. The van der Waals surface area contributed by atoms with Gasteiger partial charge in [0.05, 0.1) is 11.0 Å². The molecule has 0 fully saturated rings. The SMILES string of the molecule is CCCn1c(CO)nnc1-c1cc(F)c(F)cc1[N+](=O)[O-]. The van der Waals surface area contributed by atoms with Gasteiger partial charge in [-0.3, -0.25) is 10.1 Å². The number of aromatic nitrogens is 3. The smallest absolute Gasteiger partial charge is 0.283 e. The molecular weight excluding hydrogens is 286 g/mol. The number of benzene rings is 1. The predicted octanol–water partition coefficient (Wildman–Crippen LogP) is 2.03. The van der Waals surface area contributed by atoms with Crippen LogP contribution in [0.1, 0.15) is 19.2 Å². The number of hydrogen-bond donors (Lipinski definition) is 1. The van der Waals surface area contributed by atoms with Crippen molar-refractivity contribution in [2.45, 2.75) is 26.5 Å². The molecule has 0 aliphatic heterocycles. The van der Waals surface area contributed by atoms with Crippen LogP contribution in [-0.2, 0) is 13.2 Å². The molecule has 2 aromatic rings. The van der Waals surface area contributed by atoms with Gasteiger partial charge < -0.3 is 9.67 Å². The van der Waals surface area contributed by atoms with Gasteiger partial charge in [-0.1, -0.05) is 6.92 Å². The van der Waals surface area contributed by atoms with Crippen molar-refractivity contribution in [3.8, 4) is 11.4 Å². The fourth-order valence-electron chi connectivity index (χ4n) is 1.98. The summed E-state index contributed by atoms with van der Waals surface area (Å²) in [5, 5.41) is 27.7. The lowest BCUT2D eigenvalue weighted by molar-refractivity contribution is -0.384. The Bertz CT molecular complexity index is 687. The van der Waals surface area contributed by atoms with Crippen molar-refractivity contribution in [2.24, 2.45) is 0 Å². The molecule has 1 aromatic carbocycles. The van der Waals surface area contributed by atoms with Gasteiger partial charge in [-0.15, -0.1) is 10.2 Å². The predicted molar refractivity (Wildman–Crippen MR) is 68.2 cm³/mol. The first-order chi connectivity index (χ1) is 9.99. The van der Waals surface area contributed by atoms with Crippen LogP contribution in [0.2, 0.25) is 0 Å². The van der Waals surface area contributed by atoms with Crippen LogP contribution in [0.5, 0.6) is 0 Å². The molecule has 7 nitrogen and oxygen atoms in total. The normalized spacial score (nSPS) is 10.9. The van der Waals surface area contributed by atoms with Crippen LogP contribution in [0.4, 0.5) is 14.5 Å². The van der Waals surface area contributed by atoms with Crippen LogP contribution in [-0.4, -0.2) is 24.8 Å². The zero-order valence-corrected chi connectivity index (χ0v) is 11.1. The topological polar surface area (TPSA) is 94.1 Å². The highest BCUT2D eigenvalue weighted by Crippen LogP contribution is 2.31. The van der Waals surface area contributed by atoms with Gasteiger partial charge in [0.2, 0.25) is 0 Å². The van der Waals surface area contributed by atoms with Crippen molar-refractivity contribution in [1.29, 1.82) is 0 Å². The lowest BCUT2D eigenvalue weighted by Crippen LogP contribution is -2.07. The van der Waals surface area contributed by atoms with Gasteiger partial charge in [-0.05, 0) is 12.5 Å². The third kappa shape index (κ3) is 2.72. The summed E-state index contributed by atoms with van der Waals surface area (Å²) < 4.78 is 28.0. The van der Waals surface area contributed by atoms with Crippen molar-refractivity contribution in [1.82, 2.24) is 14.8 Å². The van der Waals surface area contributed by atoms with Crippen LogP contribution >= 0.6 is 0 Å². The van der Waals surface area contributed by atoms with Crippen molar-refractivity contribution < 1.29 is 18.8 Å². The molecule has 2 rings (SSSR count). The Kier molecular flexibility index (Phi) is 4.22. The van der Waals surface area contributed by atoms with E-state index in [1.165, 1.54) is 4.57 Å². The van der Waals surface area contributed by atoms with E-state index in [1.807, 2.05) is 6.92 Å². The highest BCUT2D eigenvalue weighted by molar-refractivity contribution is 5.68. The minimum Gasteiger partial charge on any atom is -0.388 e. The Balaban J connectivity index is 2.69. The maximum absolute atomic E-state index is 13.4. The van der Waals surface area contributed by atoms with E-state index in [4.69, 9.17) is 0 Å². The summed E-state index contributed by atoms with van der Waals surface area (Å²) >= 11 is 0. The lowest BCUT2D eigenvalue weighted by Gasteiger charge is -2.08. The lowest BCUT2D eigenvalue weighted by atomic mass is 10.1. The molecular formula is C12H12F2N4O3. The first kappa shape index (κ1) is 15.0. The van der Waals surface area contributed by atoms with E-state index in [1.54, 1.807) is 0 Å². The number of hydrogen-bond acceptors (Lipinski definition) is 5. The first-order valence-electron chi connectivity index (χ1n) is 6.16. The number of aliphatic hydroxyl groups excluding tert-OH is 1. The number of nitrogens with zero attached hydrogens (tertiary/aromatic N) is 4. The highest BCUT2D eigenvalue weighted by atomic mass is 19.2. The Labute approximate surface area is 118 Å². The molecule has 0 atom stereocenters. The van der Waals surface area contributed by atoms with Crippen LogP contribution in [0.15, 0.2) is 12.1 Å². The third-order valence-electron chi connectivity index (χ3n) is 2.89. The molecule has 0 unspecified atom stereocenters. The molecule has 0 saturated carbocycles. The van der Waals surface area contributed by atoms with E-state index in [0.29, 0.717) is 25.1 Å². The van der Waals surface area contributed by atoms with Gasteiger partial charge in [0.15, 0.2) is 23.3 Å². The Morgan fingerprint density at radius 3 is 2.57 bits per heavy atom. The van der Waals surface area contributed by atoms with Gasteiger partial charge in [0, 0.05) is 6.54 Å². The van der Waals surface area contributed by atoms with Crippen molar-refractivity contribution in [3.63, 3.8) is 0 Å². The Hall–Kier alpha value is -2.42. The number of aliphatic hydroxyl groups is 1. The summed E-state index contributed by atoms with van der Waals surface area (Å²) in [6, 6.07) is 1.22. The van der Waals surface area contributed by atoms with E-state index < -0.39 is 28.9 Å². The van der Waals surface area contributed by atoms with Gasteiger partial charge in [-0.2, -0.15) is 0 Å². The Morgan fingerprint density at radius 2 is 2.00 bits per heavy atom. The summed E-state index contributed by atoms with van der Waals surface area (Å²) in [5.41, 5.74) is -0.789. The number of halogens is 2. The summed E-state index contributed by atoms with van der Waals surface area (Å²) in [7, 11) is 0. The van der Waals surface area contributed by atoms with Crippen LogP contribution in [0, 0.1) is 21.7 Å². The molecule has 1 N–H and O–H groups in total. The average molecular weight is 298 g/mol. The number of nitro groups is 1. The second-order valence-corrected chi connectivity index (χ2v) is 4.29. The van der Waals surface area contributed by atoms with E-state index in [0.717, 1.165) is 0 Å². The second-order valence-electron chi connectivity index (χ2n) is 4.29. The van der Waals surface area contributed by atoms with Crippen LogP contribution in [0.3, 0.4) is 0 Å². The zero-order chi connectivity index (χ0) is 15.6. The molecule has 9 heteroatoms. The van der Waals surface area contributed by atoms with Crippen molar-refractivity contribution in [3.05, 3.63) is 39.7 Å². The molecule has 21 heavy (non-hydrogen) atoms. The van der Waals surface area contributed by atoms with Gasteiger partial charge in [-0.25, -0.2) is 8.78 Å². The molecule has 0 aliphatic carbocycles. The second kappa shape index (κ2) is 5.92. The quantitative estimate of drug-likeness (QED) is 0.673. The molecule has 0 amide bonds. The molecule has 0 spiro atoms. The summed E-state index contributed by atoms with van der Waals surface area (Å²) in [4.78, 5) is 10.2. The Morgan fingerprint density at radius 1 is 1.33 bits per heavy atom. The number of rotatable bonds is 5. The van der Waals surface area contributed by atoms with E-state index >= 15 is 0 Å². The van der Waals surface area contributed by atoms with Gasteiger partial charge >= 0.3 is 0 Å². The fourth-order valence-corrected chi connectivity index (χ4v) is 1.98. The van der Waals surface area contributed by atoms with Crippen molar-refractivity contribution >= 4 is 5.69 Å². The van der Waals surface area contributed by atoms with E-state index in [-0.39, 0.29) is 17.2 Å². The summed E-state index contributed by atoms with van der Waals surface area (Å²) in [5.74, 6) is -2.31. The molecule has 112 valence electrons. The standard InChI is InChI=1S/C12H12F2N4O3/c1-2-3-17-11(6-19)15-16-12(17)7-4-8(13)9(14)5-10(7)18(20)21/h4-5,19H,2-3,6H2,1H3. The van der Waals surface area contributed by atoms with Crippen LogP contribution in [0.25, 0.3) is 11.4 Å². The maximum Gasteiger partial charge on any atom is 0.283 e. The van der Waals surface area contributed by atoms with Gasteiger partial charge in [0.25, 0.3) is 5.69 Å². The monoisotopic (exact) mass is 298 g/mol. The van der Waals surface area contributed by atoms with E-state index in [2.05, 4.69) is 10.2 Å². The highest BCUT2D eigenvalue weighted by Gasteiger charge is 2.24. The average Bonchev–Trinajstić information content (AvgIpc) is 2.84. The largest absolute Gasteiger partial charge is 0.388 e. The number of nitro benzene ring substituents is 1. The molecule has 0 aliphatic rings. The van der Waals surface area contributed by atoms with Crippen molar-refractivity contribution in [2.75, 3.05) is 0 Å². The molecule has 1 aromatic heterocycles. The first-order valence-corrected chi connectivity index (χ1v) is 6.16. The minimum atomic E-state index is -1.31. The maximum atomic E-state index is 13.4. The summed E-state index contributed by atoms with van der Waals surface area (Å²) in [6.07, 6.45) is 0.648. The third-order valence-corrected chi connectivity index (χ3v) is 2.89. The van der Waals surface area contributed by atoms with E-state index in [9.17, 15) is 24.0 Å². The molecule has 0 saturated heterocycles. The van der Waals surface area contributed by atoms with Gasteiger partial charge in [0.1, 0.15) is 12.2 Å². The molecule has 1 heterocycles. The van der Waals surface area contributed by atoms with Crippen LogP contribution < -0.4 is 0 Å².